The summed E-state index contributed by atoms with van der Waals surface area (Å²) in [5.41, 5.74) is 10.5. The summed E-state index contributed by atoms with van der Waals surface area (Å²) in [5.74, 6) is 0.516. The van der Waals surface area contributed by atoms with Gasteiger partial charge in [-0.3, -0.25) is 0 Å². The molecular formula is C43H27BN2O2. The van der Waals surface area contributed by atoms with Gasteiger partial charge in [-0.2, -0.15) is 0 Å². The van der Waals surface area contributed by atoms with Gasteiger partial charge in [-0.05, 0) is 90.7 Å². The number of fused-ring (bicyclic) bond motifs is 9. The van der Waals surface area contributed by atoms with Crippen molar-refractivity contribution in [2.45, 2.75) is 18.5 Å². The maximum atomic E-state index is 11.0. The van der Waals surface area contributed by atoms with Gasteiger partial charge in [-0.25, -0.2) is 0 Å². The number of aromatic nitrogens is 2. The summed E-state index contributed by atoms with van der Waals surface area (Å²) in [6.07, 6.45) is 6.39. The molecule has 0 saturated carbocycles. The number of ether oxygens (including phenoxy) is 1. The molecule has 2 aliphatic rings. The van der Waals surface area contributed by atoms with E-state index in [1.807, 2.05) is 12.1 Å². The van der Waals surface area contributed by atoms with Crippen LogP contribution in [0, 0.1) is 12.1 Å². The van der Waals surface area contributed by atoms with Crippen LogP contribution in [0.4, 0.5) is 0 Å². The number of aliphatic hydroxyl groups is 1. The maximum absolute atomic E-state index is 11.0. The second-order valence-corrected chi connectivity index (χ2v) is 12.6. The summed E-state index contributed by atoms with van der Waals surface area (Å²) in [7, 11) is 6.22. The molecule has 2 aromatic heterocycles. The van der Waals surface area contributed by atoms with Crippen LogP contribution in [0.25, 0.3) is 72.4 Å². The molecule has 0 spiro atoms. The van der Waals surface area contributed by atoms with Crippen LogP contribution in [0.2, 0.25) is 0 Å². The van der Waals surface area contributed by atoms with Crippen molar-refractivity contribution in [1.29, 1.82) is 0 Å². The summed E-state index contributed by atoms with van der Waals surface area (Å²) in [6, 6.07) is 48.5. The molecule has 1 unspecified atom stereocenters. The molecular weight excluding hydrogens is 587 g/mol. The summed E-state index contributed by atoms with van der Waals surface area (Å²) in [5, 5.41) is 14.6. The molecule has 2 radical (unpaired) electrons. The minimum absolute atomic E-state index is 0.470. The van der Waals surface area contributed by atoms with Crippen LogP contribution >= 0.6 is 0 Å². The Morgan fingerprint density at radius 2 is 1.48 bits per heavy atom. The molecule has 224 valence electrons. The lowest BCUT2D eigenvalue weighted by Crippen LogP contribution is -2.36. The summed E-state index contributed by atoms with van der Waals surface area (Å²) >= 11 is 0. The topological polar surface area (TPSA) is 39.3 Å². The normalized spacial score (nSPS) is 16.4. The van der Waals surface area contributed by atoms with Crippen LogP contribution in [0.15, 0.2) is 127 Å². The quantitative estimate of drug-likeness (QED) is 0.202. The molecule has 1 aliphatic carbocycles. The van der Waals surface area contributed by atoms with Crippen molar-refractivity contribution in [3.63, 3.8) is 0 Å². The number of hydrogen-bond donors (Lipinski definition) is 1. The van der Waals surface area contributed by atoms with Crippen LogP contribution in [0.5, 0.6) is 5.75 Å². The molecule has 0 amide bonds. The Kier molecular flexibility index (Phi) is 5.68. The zero-order valence-electron chi connectivity index (χ0n) is 25.9. The number of hydrogen-bond acceptors (Lipinski definition) is 2. The molecule has 8 aromatic rings. The van der Waals surface area contributed by atoms with E-state index in [2.05, 4.69) is 130 Å². The smallest absolute Gasteiger partial charge is 0.183 e. The highest BCUT2D eigenvalue weighted by molar-refractivity contribution is 6.15. The van der Waals surface area contributed by atoms with Gasteiger partial charge in [0.15, 0.2) is 13.5 Å². The molecule has 6 aromatic carbocycles. The van der Waals surface area contributed by atoms with E-state index in [9.17, 15) is 5.11 Å². The Balaban J connectivity index is 1.18. The predicted octanol–water partition coefficient (Wildman–Crippen LogP) is 9.28. The fourth-order valence-electron chi connectivity index (χ4n) is 7.83. The molecule has 1 aliphatic heterocycles. The molecule has 1 atom stereocenters. The van der Waals surface area contributed by atoms with Crippen molar-refractivity contribution in [3.8, 4) is 39.4 Å². The Morgan fingerprint density at radius 3 is 2.33 bits per heavy atom. The van der Waals surface area contributed by atoms with Gasteiger partial charge < -0.3 is 19.0 Å². The first-order valence-electron chi connectivity index (χ1n) is 16.3. The van der Waals surface area contributed by atoms with E-state index in [4.69, 9.17) is 12.6 Å². The van der Waals surface area contributed by atoms with E-state index in [0.29, 0.717) is 16.9 Å². The van der Waals surface area contributed by atoms with Crippen LogP contribution in [0.3, 0.4) is 0 Å². The Morgan fingerprint density at radius 1 is 0.729 bits per heavy atom. The van der Waals surface area contributed by atoms with Gasteiger partial charge >= 0.3 is 0 Å². The Hall–Kier alpha value is -5.96. The third-order valence-electron chi connectivity index (χ3n) is 9.91. The van der Waals surface area contributed by atoms with Crippen molar-refractivity contribution in [3.05, 3.63) is 156 Å². The van der Waals surface area contributed by atoms with Gasteiger partial charge in [0.25, 0.3) is 0 Å². The largest absolute Gasteiger partial charge is 0.467 e. The van der Waals surface area contributed by atoms with Crippen LogP contribution < -0.4 is 4.74 Å². The highest BCUT2D eigenvalue weighted by Gasteiger charge is 2.36. The standard InChI is InChI=1S/C43H27BN2O2/c44-43(47)35-16-7-4-15-32(35)42-40(19-10-20-41(42)48-43)46-37-18-9-6-14-31(37)34-26-28(22-24-39(34)46)27-21-23-38-33(25-27)30-13-5-8-17-36(30)45(38)29-11-2-1-3-12-29/h1-3,5-8,10-14,16-17,19-26,47H,9,18H2. The summed E-state index contributed by atoms with van der Waals surface area (Å²) in [4.78, 5) is 0. The lowest BCUT2D eigenvalue weighted by molar-refractivity contribution is -0.0692. The van der Waals surface area contributed by atoms with Crippen LogP contribution in [-0.2, 0) is 12.1 Å². The molecule has 0 saturated heterocycles. The van der Waals surface area contributed by atoms with E-state index in [1.165, 1.54) is 49.6 Å². The number of nitrogens with zero attached hydrogens (tertiary/aromatic N) is 2. The van der Waals surface area contributed by atoms with E-state index < -0.39 is 5.69 Å². The second-order valence-electron chi connectivity index (χ2n) is 12.6. The predicted molar refractivity (Wildman–Crippen MR) is 194 cm³/mol. The maximum Gasteiger partial charge on any atom is 0.183 e. The molecule has 10 rings (SSSR count). The third-order valence-corrected chi connectivity index (χ3v) is 9.91. The van der Waals surface area contributed by atoms with Crippen molar-refractivity contribution in [2.24, 2.45) is 0 Å². The average Bonchev–Trinajstić information content (AvgIpc) is 3.64. The van der Waals surface area contributed by atoms with Crippen molar-refractivity contribution in [2.75, 3.05) is 0 Å². The Bertz CT molecular complexity index is 2630. The van der Waals surface area contributed by atoms with Crippen molar-refractivity contribution in [1.82, 2.24) is 9.13 Å². The first kappa shape index (κ1) is 27.2. The molecule has 4 nitrogen and oxygen atoms in total. The first-order chi connectivity index (χ1) is 23.6. The zero-order chi connectivity index (χ0) is 32.0. The molecule has 5 heteroatoms. The number of allylic oxidation sites excluding steroid dienone is 1. The van der Waals surface area contributed by atoms with Crippen LogP contribution in [-0.4, -0.2) is 22.1 Å². The molecule has 48 heavy (non-hydrogen) atoms. The SMILES string of the molecule is [B]C1(O)Oc2cccc(-n3c4c(c5cc(-c6ccc7c(c6)c6ccccc6n7-c6ccccc6)ccc53)C=CCC4)c2-c2c#cccc21. The van der Waals surface area contributed by atoms with E-state index in [-0.39, 0.29) is 0 Å². The molecule has 3 heterocycles. The van der Waals surface area contributed by atoms with Gasteiger partial charge in [0, 0.05) is 44.2 Å². The number of para-hydroxylation sites is 2. The van der Waals surface area contributed by atoms with Gasteiger partial charge in [-0.1, -0.05) is 78.9 Å². The first-order valence-corrected chi connectivity index (χ1v) is 16.3. The summed E-state index contributed by atoms with van der Waals surface area (Å²) < 4.78 is 10.7. The average molecular weight is 615 g/mol. The van der Waals surface area contributed by atoms with E-state index in [1.54, 1.807) is 12.1 Å². The minimum atomic E-state index is -1.95. The lowest BCUT2D eigenvalue weighted by atomic mass is 9.80. The molecule has 0 fully saturated rings. The summed E-state index contributed by atoms with van der Waals surface area (Å²) in [6.45, 7) is 0. The number of rotatable bonds is 3. The fraction of sp³-hybridized carbons (Fsp3) is 0.0698. The molecule has 0 bridgehead atoms. The van der Waals surface area contributed by atoms with Gasteiger partial charge in [0.2, 0.25) is 0 Å². The fourth-order valence-corrected chi connectivity index (χ4v) is 7.83. The van der Waals surface area contributed by atoms with Gasteiger partial charge in [0.05, 0.1) is 27.8 Å². The third kappa shape index (κ3) is 3.84. The minimum Gasteiger partial charge on any atom is -0.467 e. The van der Waals surface area contributed by atoms with Gasteiger partial charge in [-0.15, -0.1) is 0 Å². The van der Waals surface area contributed by atoms with Crippen LogP contribution in [0.1, 0.15) is 23.2 Å². The van der Waals surface area contributed by atoms with Gasteiger partial charge in [0.1, 0.15) is 5.75 Å². The van der Waals surface area contributed by atoms with Crippen molar-refractivity contribution >= 4 is 46.6 Å². The van der Waals surface area contributed by atoms with E-state index in [0.717, 1.165) is 35.3 Å². The number of benzene rings is 5. The highest BCUT2D eigenvalue weighted by Crippen LogP contribution is 2.47. The van der Waals surface area contributed by atoms with E-state index >= 15 is 0 Å². The lowest BCUT2D eigenvalue weighted by Gasteiger charge is -2.34. The zero-order valence-corrected chi connectivity index (χ0v) is 25.9. The second kappa shape index (κ2) is 10.0. The van der Waals surface area contributed by atoms with Crippen molar-refractivity contribution < 1.29 is 9.84 Å². The Labute approximate surface area is 279 Å². The highest BCUT2D eigenvalue weighted by atomic mass is 16.6. The monoisotopic (exact) mass is 614 g/mol. The molecule has 1 N–H and O–H groups in total.